The zero-order valence-electron chi connectivity index (χ0n) is 8.70. The molecule has 0 bridgehead atoms. The normalized spacial score (nSPS) is 41.2. The average Bonchev–Trinajstić information content (AvgIpc) is 3.01. The van der Waals surface area contributed by atoms with Gasteiger partial charge < -0.3 is 10.0 Å². The Hall–Kier alpha value is -0.990. The molecule has 4 rings (SSSR count). The van der Waals surface area contributed by atoms with Gasteiger partial charge in [-0.2, -0.15) is 0 Å². The summed E-state index contributed by atoms with van der Waals surface area (Å²) in [5.74, 6) is -0.589. The Morgan fingerprint density at radius 1 is 1.27 bits per heavy atom. The molecule has 1 atom stereocenters. The third-order valence-electron chi connectivity index (χ3n) is 5.12. The van der Waals surface area contributed by atoms with Crippen LogP contribution >= 0.6 is 0 Å². The van der Waals surface area contributed by atoms with Crippen LogP contribution in [0.25, 0.3) is 0 Å². The van der Waals surface area contributed by atoms with Crippen LogP contribution in [0.3, 0.4) is 0 Å². The standard InChI is InChI=1S/C12H15NO2/c14-9(15)12-7-10(1-2-10)8-13(12)6-5-11(12)3-4-11/h5-6H,1-4,7-8H2,(H,14,15). The van der Waals surface area contributed by atoms with Crippen LogP contribution in [0.5, 0.6) is 0 Å². The maximum absolute atomic E-state index is 11.7. The number of hydrogen-bond acceptors (Lipinski definition) is 2. The van der Waals surface area contributed by atoms with Gasteiger partial charge in [0.25, 0.3) is 0 Å². The van der Waals surface area contributed by atoms with Gasteiger partial charge in [-0.15, -0.1) is 0 Å². The molecule has 2 heterocycles. The van der Waals surface area contributed by atoms with E-state index in [-0.39, 0.29) is 5.41 Å². The SMILES string of the molecule is O=C(O)C12CC3(CC3)CN1C=CC21CC1. The van der Waals surface area contributed by atoms with Gasteiger partial charge in [0, 0.05) is 12.0 Å². The van der Waals surface area contributed by atoms with Gasteiger partial charge >= 0.3 is 5.97 Å². The van der Waals surface area contributed by atoms with E-state index in [0.29, 0.717) is 5.41 Å². The lowest BCUT2D eigenvalue weighted by molar-refractivity contribution is -0.150. The predicted molar refractivity (Wildman–Crippen MR) is 54.2 cm³/mol. The molecule has 2 aliphatic heterocycles. The number of carboxylic acid groups (broad SMARTS) is 1. The van der Waals surface area contributed by atoms with Crippen LogP contribution in [0.15, 0.2) is 12.3 Å². The Kier molecular flexibility index (Phi) is 1.07. The fourth-order valence-electron chi connectivity index (χ4n) is 3.85. The predicted octanol–water partition coefficient (Wildman–Crippen LogP) is 1.60. The van der Waals surface area contributed by atoms with Gasteiger partial charge in [-0.05, 0) is 43.7 Å². The van der Waals surface area contributed by atoms with Gasteiger partial charge in [-0.3, -0.25) is 0 Å². The summed E-state index contributed by atoms with van der Waals surface area (Å²) in [5.41, 5.74) is -0.173. The first-order chi connectivity index (χ1) is 7.13. The van der Waals surface area contributed by atoms with Crippen molar-refractivity contribution in [3.05, 3.63) is 12.3 Å². The third-order valence-corrected chi connectivity index (χ3v) is 5.12. The van der Waals surface area contributed by atoms with Crippen LogP contribution in [0, 0.1) is 10.8 Å². The zero-order chi connectivity index (χ0) is 10.3. The summed E-state index contributed by atoms with van der Waals surface area (Å²) in [4.78, 5) is 13.8. The van der Waals surface area contributed by atoms with E-state index in [9.17, 15) is 9.90 Å². The molecular formula is C12H15NO2. The van der Waals surface area contributed by atoms with Crippen LogP contribution in [0.1, 0.15) is 32.1 Å². The first-order valence-corrected chi connectivity index (χ1v) is 5.82. The van der Waals surface area contributed by atoms with Crippen LogP contribution in [0.2, 0.25) is 0 Å². The van der Waals surface area contributed by atoms with E-state index in [2.05, 4.69) is 17.2 Å². The van der Waals surface area contributed by atoms with E-state index >= 15 is 0 Å². The smallest absolute Gasteiger partial charge is 0.330 e. The Labute approximate surface area is 88.8 Å². The first kappa shape index (κ1) is 8.20. The zero-order valence-corrected chi connectivity index (χ0v) is 8.70. The number of fused-ring (bicyclic) bond motifs is 2. The number of carboxylic acids is 1. The largest absolute Gasteiger partial charge is 0.479 e. The molecule has 1 unspecified atom stereocenters. The fraction of sp³-hybridized carbons (Fsp3) is 0.750. The fourth-order valence-corrected chi connectivity index (χ4v) is 3.85. The van der Waals surface area contributed by atoms with Crippen molar-refractivity contribution in [2.24, 2.45) is 10.8 Å². The molecule has 0 aromatic carbocycles. The monoisotopic (exact) mass is 205 g/mol. The van der Waals surface area contributed by atoms with Gasteiger partial charge in [0.15, 0.2) is 0 Å². The summed E-state index contributed by atoms with van der Waals surface area (Å²) in [5, 5.41) is 9.63. The molecule has 80 valence electrons. The molecule has 3 heteroatoms. The molecule has 0 radical (unpaired) electrons. The van der Waals surface area contributed by atoms with E-state index in [1.807, 2.05) is 0 Å². The number of nitrogens with zero attached hydrogens (tertiary/aromatic N) is 1. The van der Waals surface area contributed by atoms with E-state index in [1.54, 1.807) is 0 Å². The van der Waals surface area contributed by atoms with Gasteiger partial charge in [0.2, 0.25) is 0 Å². The van der Waals surface area contributed by atoms with E-state index < -0.39 is 11.5 Å². The Bertz CT molecular complexity index is 392. The summed E-state index contributed by atoms with van der Waals surface area (Å²) < 4.78 is 0. The highest BCUT2D eigenvalue weighted by Gasteiger charge is 2.74. The maximum atomic E-state index is 11.7. The van der Waals surface area contributed by atoms with E-state index in [1.165, 1.54) is 12.8 Å². The molecule has 4 aliphatic rings. The van der Waals surface area contributed by atoms with Crippen molar-refractivity contribution < 1.29 is 9.90 Å². The Morgan fingerprint density at radius 2 is 2.00 bits per heavy atom. The molecule has 15 heavy (non-hydrogen) atoms. The minimum Gasteiger partial charge on any atom is -0.479 e. The molecule has 0 aromatic rings. The van der Waals surface area contributed by atoms with Crippen molar-refractivity contribution >= 4 is 5.97 Å². The molecule has 1 N–H and O–H groups in total. The van der Waals surface area contributed by atoms with Crippen LogP contribution in [-0.2, 0) is 4.79 Å². The van der Waals surface area contributed by atoms with Crippen molar-refractivity contribution in [1.82, 2.24) is 4.90 Å². The second-order valence-corrected chi connectivity index (χ2v) is 5.94. The molecule has 3 nitrogen and oxygen atoms in total. The highest BCUT2D eigenvalue weighted by Crippen LogP contribution is 2.70. The molecule has 0 amide bonds. The molecular weight excluding hydrogens is 190 g/mol. The van der Waals surface area contributed by atoms with Crippen LogP contribution in [0.4, 0.5) is 0 Å². The minimum absolute atomic E-state index is 0.00488. The molecule has 0 aromatic heterocycles. The molecule has 1 saturated heterocycles. The van der Waals surface area contributed by atoms with Crippen LogP contribution < -0.4 is 0 Å². The Morgan fingerprint density at radius 3 is 2.53 bits per heavy atom. The highest BCUT2D eigenvalue weighted by molar-refractivity contribution is 5.83. The molecule has 2 aliphatic carbocycles. The topological polar surface area (TPSA) is 40.5 Å². The first-order valence-electron chi connectivity index (χ1n) is 5.82. The van der Waals surface area contributed by atoms with Crippen molar-refractivity contribution in [2.45, 2.75) is 37.6 Å². The van der Waals surface area contributed by atoms with Crippen LogP contribution in [-0.4, -0.2) is 28.1 Å². The molecule has 2 spiro atoms. The van der Waals surface area contributed by atoms with Gasteiger partial charge in [-0.1, -0.05) is 6.08 Å². The maximum Gasteiger partial charge on any atom is 0.330 e. The van der Waals surface area contributed by atoms with Gasteiger partial charge in [0.1, 0.15) is 5.54 Å². The number of rotatable bonds is 1. The number of aliphatic carboxylic acids is 1. The third kappa shape index (κ3) is 0.714. The lowest BCUT2D eigenvalue weighted by atomic mass is 9.78. The van der Waals surface area contributed by atoms with Crippen molar-refractivity contribution in [2.75, 3.05) is 6.54 Å². The quantitative estimate of drug-likeness (QED) is 0.707. The van der Waals surface area contributed by atoms with E-state index in [4.69, 9.17) is 0 Å². The van der Waals surface area contributed by atoms with E-state index in [0.717, 1.165) is 25.8 Å². The van der Waals surface area contributed by atoms with Gasteiger partial charge in [-0.25, -0.2) is 4.79 Å². The van der Waals surface area contributed by atoms with Crippen molar-refractivity contribution in [3.8, 4) is 0 Å². The number of carbonyl (C=O) groups is 1. The lowest BCUT2D eigenvalue weighted by Gasteiger charge is -2.34. The molecule has 3 fully saturated rings. The Balaban J connectivity index is 1.85. The summed E-state index contributed by atoms with van der Waals surface area (Å²) in [6.07, 6.45) is 9.74. The summed E-state index contributed by atoms with van der Waals surface area (Å²) in [6.45, 7) is 0.984. The average molecular weight is 205 g/mol. The molecule has 2 saturated carbocycles. The van der Waals surface area contributed by atoms with Gasteiger partial charge in [0.05, 0.1) is 0 Å². The lowest BCUT2D eigenvalue weighted by Crippen LogP contribution is -2.51. The summed E-state index contributed by atoms with van der Waals surface area (Å²) >= 11 is 0. The second kappa shape index (κ2) is 1.95. The highest BCUT2D eigenvalue weighted by atomic mass is 16.4. The van der Waals surface area contributed by atoms with Crippen molar-refractivity contribution in [3.63, 3.8) is 0 Å². The second-order valence-electron chi connectivity index (χ2n) is 5.94. The summed E-state index contributed by atoms with van der Waals surface area (Å²) in [6, 6.07) is 0. The van der Waals surface area contributed by atoms with Crippen molar-refractivity contribution in [1.29, 1.82) is 0 Å². The number of hydrogen-bond donors (Lipinski definition) is 1. The minimum atomic E-state index is -0.589. The summed E-state index contributed by atoms with van der Waals surface area (Å²) in [7, 11) is 0.